The molecule has 0 saturated heterocycles. The van der Waals surface area contributed by atoms with Crippen LogP contribution in [0.3, 0.4) is 0 Å². The lowest BCUT2D eigenvalue weighted by Crippen LogP contribution is -2.36. The largest absolute Gasteiger partial charge is 0.497 e. The van der Waals surface area contributed by atoms with Crippen molar-refractivity contribution in [1.29, 1.82) is 0 Å². The number of ether oxygens (including phenoxy) is 2. The average molecular weight is 328 g/mol. The molecule has 1 heterocycles. The zero-order chi connectivity index (χ0) is 17.2. The number of aromatic nitrogens is 1. The lowest BCUT2D eigenvalue weighted by molar-refractivity contribution is 0.322. The van der Waals surface area contributed by atoms with Gasteiger partial charge in [0.25, 0.3) is 0 Å². The number of guanidine groups is 1. The van der Waals surface area contributed by atoms with Gasteiger partial charge in [-0.15, -0.1) is 0 Å². The van der Waals surface area contributed by atoms with Gasteiger partial charge in [0.05, 0.1) is 13.7 Å². The molecule has 0 atom stereocenters. The molecule has 0 spiro atoms. The minimum absolute atomic E-state index is 0.589. The van der Waals surface area contributed by atoms with Crippen molar-refractivity contribution in [2.75, 3.05) is 20.8 Å². The second-order valence-electron chi connectivity index (χ2n) is 5.03. The van der Waals surface area contributed by atoms with Crippen LogP contribution in [-0.2, 0) is 13.1 Å². The van der Waals surface area contributed by atoms with Gasteiger partial charge >= 0.3 is 0 Å². The molecular formula is C18H24N4O2. The van der Waals surface area contributed by atoms with Crippen molar-refractivity contribution in [1.82, 2.24) is 15.6 Å². The number of hydrogen-bond donors (Lipinski definition) is 2. The SMILES string of the molecule is CCOc1ncccc1CNC(=NC)NCc1ccc(OC)cc1. The Balaban J connectivity index is 1.88. The molecule has 0 radical (unpaired) electrons. The molecule has 0 amide bonds. The van der Waals surface area contributed by atoms with Crippen molar-refractivity contribution >= 4 is 5.96 Å². The van der Waals surface area contributed by atoms with E-state index in [1.54, 1.807) is 20.4 Å². The molecule has 0 aliphatic heterocycles. The van der Waals surface area contributed by atoms with Gasteiger partial charge in [-0.2, -0.15) is 0 Å². The number of methoxy groups -OCH3 is 1. The van der Waals surface area contributed by atoms with Crippen molar-refractivity contribution in [3.05, 3.63) is 53.7 Å². The van der Waals surface area contributed by atoms with E-state index in [0.717, 1.165) is 22.8 Å². The summed E-state index contributed by atoms with van der Waals surface area (Å²) >= 11 is 0. The standard InChI is InChI=1S/C18H24N4O2/c1-4-24-17-15(6-5-11-20-17)13-22-18(19-2)21-12-14-7-9-16(23-3)10-8-14/h5-11H,4,12-13H2,1-3H3,(H2,19,21,22). The maximum atomic E-state index is 5.53. The molecule has 6 heteroatoms. The Morgan fingerprint density at radius 3 is 2.54 bits per heavy atom. The van der Waals surface area contributed by atoms with Crippen molar-refractivity contribution in [2.45, 2.75) is 20.0 Å². The van der Waals surface area contributed by atoms with E-state index in [0.29, 0.717) is 25.6 Å². The first-order chi connectivity index (χ1) is 11.8. The van der Waals surface area contributed by atoms with Crippen LogP contribution in [0.15, 0.2) is 47.6 Å². The number of rotatable bonds is 7. The highest BCUT2D eigenvalue weighted by atomic mass is 16.5. The topological polar surface area (TPSA) is 67.8 Å². The van der Waals surface area contributed by atoms with E-state index in [2.05, 4.69) is 20.6 Å². The Bertz CT molecular complexity index is 656. The predicted molar refractivity (Wildman–Crippen MR) is 95.4 cm³/mol. The van der Waals surface area contributed by atoms with E-state index in [-0.39, 0.29) is 0 Å². The zero-order valence-electron chi connectivity index (χ0n) is 14.4. The molecule has 0 bridgehead atoms. The first-order valence-corrected chi connectivity index (χ1v) is 7.91. The molecule has 2 N–H and O–H groups in total. The Morgan fingerprint density at radius 1 is 1.12 bits per heavy atom. The van der Waals surface area contributed by atoms with Gasteiger partial charge in [0.1, 0.15) is 5.75 Å². The van der Waals surface area contributed by atoms with Crippen LogP contribution in [0.1, 0.15) is 18.1 Å². The first-order valence-electron chi connectivity index (χ1n) is 7.91. The van der Waals surface area contributed by atoms with E-state index >= 15 is 0 Å². The van der Waals surface area contributed by atoms with Crippen LogP contribution < -0.4 is 20.1 Å². The number of nitrogens with zero attached hydrogens (tertiary/aromatic N) is 2. The summed E-state index contributed by atoms with van der Waals surface area (Å²) in [6.45, 7) is 3.80. The Kier molecular flexibility index (Phi) is 6.89. The van der Waals surface area contributed by atoms with E-state index in [9.17, 15) is 0 Å². The van der Waals surface area contributed by atoms with Crippen LogP contribution in [0.25, 0.3) is 0 Å². The summed E-state index contributed by atoms with van der Waals surface area (Å²) < 4.78 is 10.7. The van der Waals surface area contributed by atoms with Crippen molar-refractivity contribution < 1.29 is 9.47 Å². The highest BCUT2D eigenvalue weighted by Gasteiger charge is 2.05. The Hall–Kier alpha value is -2.76. The van der Waals surface area contributed by atoms with Gasteiger partial charge in [0, 0.05) is 31.9 Å². The molecule has 0 fully saturated rings. The molecule has 2 rings (SSSR count). The van der Waals surface area contributed by atoms with Crippen molar-refractivity contribution in [2.24, 2.45) is 4.99 Å². The van der Waals surface area contributed by atoms with Gasteiger partial charge in [-0.25, -0.2) is 4.98 Å². The minimum Gasteiger partial charge on any atom is -0.497 e. The average Bonchev–Trinajstić information content (AvgIpc) is 2.64. The normalized spacial score (nSPS) is 11.0. The number of nitrogens with one attached hydrogen (secondary N) is 2. The maximum Gasteiger partial charge on any atom is 0.218 e. The molecule has 24 heavy (non-hydrogen) atoms. The van der Waals surface area contributed by atoms with Crippen LogP contribution >= 0.6 is 0 Å². The molecule has 1 aromatic heterocycles. The first kappa shape index (κ1) is 17.6. The fourth-order valence-corrected chi connectivity index (χ4v) is 2.15. The van der Waals surface area contributed by atoms with E-state index in [1.165, 1.54) is 0 Å². The summed E-state index contributed by atoms with van der Waals surface area (Å²) in [4.78, 5) is 8.48. The van der Waals surface area contributed by atoms with E-state index in [4.69, 9.17) is 9.47 Å². The van der Waals surface area contributed by atoms with Gasteiger partial charge in [-0.1, -0.05) is 18.2 Å². The van der Waals surface area contributed by atoms with Gasteiger partial charge in [0.2, 0.25) is 5.88 Å². The fraction of sp³-hybridized carbons (Fsp3) is 0.333. The molecule has 0 aliphatic carbocycles. The van der Waals surface area contributed by atoms with Gasteiger partial charge in [-0.05, 0) is 30.7 Å². The molecule has 0 unspecified atom stereocenters. The summed E-state index contributed by atoms with van der Waals surface area (Å²) in [5, 5.41) is 6.55. The van der Waals surface area contributed by atoms with E-state index in [1.807, 2.05) is 43.3 Å². The van der Waals surface area contributed by atoms with Gasteiger partial charge in [0.15, 0.2) is 5.96 Å². The summed E-state index contributed by atoms with van der Waals surface area (Å²) in [5.74, 6) is 2.22. The number of hydrogen-bond acceptors (Lipinski definition) is 4. The van der Waals surface area contributed by atoms with Crippen LogP contribution in [0.5, 0.6) is 11.6 Å². The summed E-state index contributed by atoms with van der Waals surface area (Å²) in [6.07, 6.45) is 1.73. The lowest BCUT2D eigenvalue weighted by atomic mass is 10.2. The highest BCUT2D eigenvalue weighted by molar-refractivity contribution is 5.79. The number of aliphatic imine (C=N–C) groups is 1. The third-order valence-electron chi connectivity index (χ3n) is 3.42. The maximum absolute atomic E-state index is 5.53. The molecule has 0 saturated carbocycles. The monoisotopic (exact) mass is 328 g/mol. The summed E-state index contributed by atoms with van der Waals surface area (Å²) in [7, 11) is 3.41. The van der Waals surface area contributed by atoms with Crippen molar-refractivity contribution in [3.63, 3.8) is 0 Å². The predicted octanol–water partition coefficient (Wildman–Crippen LogP) is 2.35. The Morgan fingerprint density at radius 2 is 1.88 bits per heavy atom. The molecule has 0 aliphatic rings. The smallest absolute Gasteiger partial charge is 0.218 e. The second kappa shape index (κ2) is 9.39. The fourth-order valence-electron chi connectivity index (χ4n) is 2.15. The quantitative estimate of drug-likeness (QED) is 0.603. The number of pyridine rings is 1. The third-order valence-corrected chi connectivity index (χ3v) is 3.42. The van der Waals surface area contributed by atoms with Crippen LogP contribution in [0, 0.1) is 0 Å². The Labute approximate surface area is 142 Å². The molecule has 2 aromatic rings. The van der Waals surface area contributed by atoms with Gasteiger partial charge in [-0.3, -0.25) is 4.99 Å². The minimum atomic E-state index is 0.589. The van der Waals surface area contributed by atoms with E-state index < -0.39 is 0 Å². The van der Waals surface area contributed by atoms with Gasteiger partial charge < -0.3 is 20.1 Å². The molecule has 128 valence electrons. The second-order valence-corrected chi connectivity index (χ2v) is 5.03. The summed E-state index contributed by atoms with van der Waals surface area (Å²) in [5.41, 5.74) is 2.14. The van der Waals surface area contributed by atoms with Crippen LogP contribution in [0.2, 0.25) is 0 Å². The van der Waals surface area contributed by atoms with Crippen LogP contribution in [-0.4, -0.2) is 31.7 Å². The third kappa shape index (κ3) is 5.15. The van der Waals surface area contributed by atoms with Crippen molar-refractivity contribution in [3.8, 4) is 11.6 Å². The van der Waals surface area contributed by atoms with Crippen LogP contribution in [0.4, 0.5) is 0 Å². The highest BCUT2D eigenvalue weighted by Crippen LogP contribution is 2.14. The number of benzene rings is 1. The molecular weight excluding hydrogens is 304 g/mol. The summed E-state index contributed by atoms with van der Waals surface area (Å²) in [6, 6.07) is 11.8. The zero-order valence-corrected chi connectivity index (χ0v) is 14.4. The lowest BCUT2D eigenvalue weighted by Gasteiger charge is -2.14. The molecule has 6 nitrogen and oxygen atoms in total. The molecule has 1 aromatic carbocycles.